The minimum Gasteiger partial charge on any atom is -0.491 e. The number of hydrogen-bond acceptors (Lipinski definition) is 4. The van der Waals surface area contributed by atoms with Crippen LogP contribution in [0.1, 0.15) is 50.5 Å². The summed E-state index contributed by atoms with van der Waals surface area (Å²) < 4.78 is 6.02. The maximum absolute atomic E-state index is 13.6. The van der Waals surface area contributed by atoms with Crippen molar-refractivity contribution in [1.29, 1.82) is 0 Å². The molecule has 1 spiro atoms. The van der Waals surface area contributed by atoms with E-state index in [0.29, 0.717) is 26.2 Å². The van der Waals surface area contributed by atoms with Crippen LogP contribution in [0.25, 0.3) is 0 Å². The summed E-state index contributed by atoms with van der Waals surface area (Å²) in [7, 11) is 1.89. The van der Waals surface area contributed by atoms with Crippen LogP contribution in [0, 0.1) is 5.41 Å². The summed E-state index contributed by atoms with van der Waals surface area (Å²) in [6.45, 7) is 4.96. The van der Waals surface area contributed by atoms with Crippen LogP contribution in [0.2, 0.25) is 0 Å². The number of fused-ring (bicyclic) bond motifs is 1. The molecule has 1 aromatic carbocycles. The Labute approximate surface area is 186 Å². The van der Waals surface area contributed by atoms with Crippen LogP contribution < -0.4 is 4.74 Å². The minimum atomic E-state index is -0.452. The molecule has 6 heteroatoms. The molecule has 3 aliphatic rings. The molecular formula is C25H37N3O3. The normalized spacial score (nSPS) is 26.2. The number of benzene rings is 1. The number of para-hydroxylation sites is 1. The highest BCUT2D eigenvalue weighted by atomic mass is 16.5. The van der Waals surface area contributed by atoms with Crippen LogP contribution >= 0.6 is 0 Å². The molecule has 0 radical (unpaired) electrons. The zero-order chi connectivity index (χ0) is 21.7. The maximum Gasteiger partial charge on any atom is 0.236 e. The molecule has 0 aliphatic carbocycles. The second-order valence-electron chi connectivity index (χ2n) is 9.57. The third kappa shape index (κ3) is 5.22. The quantitative estimate of drug-likeness (QED) is 0.728. The monoisotopic (exact) mass is 427 g/mol. The van der Waals surface area contributed by atoms with Crippen LogP contribution in [0.5, 0.6) is 5.75 Å². The number of carbonyl (C=O) groups excluding carboxylic acids is 2. The third-order valence-corrected chi connectivity index (χ3v) is 7.30. The summed E-state index contributed by atoms with van der Waals surface area (Å²) in [6, 6.07) is 8.24. The van der Waals surface area contributed by atoms with Crippen molar-refractivity contribution in [3.8, 4) is 5.75 Å². The number of likely N-dealkylation sites (N-methyl/N-ethyl adjacent to an activating group) is 1. The van der Waals surface area contributed by atoms with Crippen molar-refractivity contribution in [3.63, 3.8) is 0 Å². The fourth-order valence-corrected chi connectivity index (χ4v) is 5.49. The van der Waals surface area contributed by atoms with Gasteiger partial charge in [0.15, 0.2) is 0 Å². The van der Waals surface area contributed by atoms with E-state index < -0.39 is 5.41 Å². The molecule has 170 valence electrons. The van der Waals surface area contributed by atoms with E-state index in [1.165, 1.54) is 18.4 Å². The molecule has 0 saturated carbocycles. The van der Waals surface area contributed by atoms with Gasteiger partial charge in [0.25, 0.3) is 0 Å². The first-order valence-electron chi connectivity index (χ1n) is 12.0. The first-order chi connectivity index (χ1) is 15.1. The van der Waals surface area contributed by atoms with Crippen molar-refractivity contribution >= 4 is 11.8 Å². The molecule has 0 aromatic heterocycles. The van der Waals surface area contributed by atoms with E-state index in [1.54, 1.807) is 0 Å². The van der Waals surface area contributed by atoms with Crippen LogP contribution in [-0.4, -0.2) is 79.4 Å². The number of amides is 2. The second kappa shape index (κ2) is 10.0. The molecule has 0 N–H and O–H groups in total. The van der Waals surface area contributed by atoms with E-state index in [-0.39, 0.29) is 11.8 Å². The number of ether oxygens (including phenoxy) is 1. The van der Waals surface area contributed by atoms with E-state index in [4.69, 9.17) is 4.74 Å². The molecule has 1 atom stereocenters. The summed E-state index contributed by atoms with van der Waals surface area (Å²) in [5.74, 6) is 1.32. The number of rotatable bonds is 2. The molecule has 0 bridgehead atoms. The van der Waals surface area contributed by atoms with Gasteiger partial charge in [-0.2, -0.15) is 0 Å². The van der Waals surface area contributed by atoms with Gasteiger partial charge in [0.1, 0.15) is 12.4 Å². The van der Waals surface area contributed by atoms with Crippen molar-refractivity contribution in [2.75, 3.05) is 52.9 Å². The fourth-order valence-electron chi connectivity index (χ4n) is 5.49. The Kier molecular flexibility index (Phi) is 7.16. The van der Waals surface area contributed by atoms with Gasteiger partial charge in [-0.1, -0.05) is 24.6 Å². The Hall–Kier alpha value is -2.08. The Balaban J connectivity index is 1.47. The van der Waals surface area contributed by atoms with Gasteiger partial charge in [-0.25, -0.2) is 0 Å². The number of aryl methyl sites for hydroxylation is 1. The molecule has 4 rings (SSSR count). The largest absolute Gasteiger partial charge is 0.491 e. The van der Waals surface area contributed by atoms with E-state index in [1.807, 2.05) is 29.0 Å². The van der Waals surface area contributed by atoms with E-state index in [0.717, 1.165) is 63.9 Å². The number of piperidine rings is 1. The van der Waals surface area contributed by atoms with Gasteiger partial charge in [0.2, 0.25) is 11.8 Å². The lowest BCUT2D eigenvalue weighted by molar-refractivity contribution is -0.149. The van der Waals surface area contributed by atoms with E-state index in [9.17, 15) is 9.59 Å². The zero-order valence-electron chi connectivity index (χ0n) is 19.0. The van der Waals surface area contributed by atoms with Gasteiger partial charge >= 0.3 is 0 Å². The molecule has 3 aliphatic heterocycles. The highest BCUT2D eigenvalue weighted by Crippen LogP contribution is 2.38. The number of likely N-dealkylation sites (tertiary alicyclic amines) is 2. The molecule has 31 heavy (non-hydrogen) atoms. The van der Waals surface area contributed by atoms with Crippen molar-refractivity contribution in [2.24, 2.45) is 5.41 Å². The van der Waals surface area contributed by atoms with Crippen molar-refractivity contribution in [1.82, 2.24) is 14.7 Å². The van der Waals surface area contributed by atoms with E-state index in [2.05, 4.69) is 17.0 Å². The molecule has 1 unspecified atom stereocenters. The van der Waals surface area contributed by atoms with Crippen LogP contribution in [0.15, 0.2) is 24.3 Å². The molecule has 2 saturated heterocycles. The molecule has 1 aromatic rings. The minimum absolute atomic E-state index is 0.184. The van der Waals surface area contributed by atoms with Crippen molar-refractivity contribution < 1.29 is 14.3 Å². The predicted molar refractivity (Wildman–Crippen MR) is 121 cm³/mol. The van der Waals surface area contributed by atoms with E-state index >= 15 is 0 Å². The third-order valence-electron chi connectivity index (χ3n) is 7.30. The molecule has 2 amide bonds. The molecular weight excluding hydrogens is 390 g/mol. The number of nitrogens with zero attached hydrogens (tertiary/aromatic N) is 3. The number of hydrogen-bond donors (Lipinski definition) is 0. The number of carbonyl (C=O) groups is 2. The summed E-state index contributed by atoms with van der Waals surface area (Å²) >= 11 is 0. The summed E-state index contributed by atoms with van der Waals surface area (Å²) in [5, 5.41) is 0. The van der Waals surface area contributed by atoms with Gasteiger partial charge in [-0.05, 0) is 69.7 Å². The van der Waals surface area contributed by atoms with Gasteiger partial charge in [0.05, 0.1) is 18.5 Å². The van der Waals surface area contributed by atoms with Crippen molar-refractivity contribution in [3.05, 3.63) is 29.8 Å². The van der Waals surface area contributed by atoms with Gasteiger partial charge in [-0.15, -0.1) is 0 Å². The van der Waals surface area contributed by atoms with Crippen LogP contribution in [0.3, 0.4) is 0 Å². The summed E-state index contributed by atoms with van der Waals surface area (Å²) in [6.07, 6.45) is 7.99. The standard InChI is InChI=1S/C25H37N3O3/c1-26-17-18-31-22-11-3-2-9-21(22)10-4-5-12-25(24(26)30)13-8-16-28(20-25)23(29)19-27-14-6-7-15-27/h2-3,9,11H,4-8,10,12-20H2,1H3. The zero-order valence-corrected chi connectivity index (χ0v) is 19.0. The van der Waals surface area contributed by atoms with Crippen LogP contribution in [0.4, 0.5) is 0 Å². The predicted octanol–water partition coefficient (Wildman–Crippen LogP) is 2.95. The highest BCUT2D eigenvalue weighted by Gasteiger charge is 2.44. The first kappa shape index (κ1) is 22.1. The average Bonchev–Trinajstić information content (AvgIpc) is 3.29. The Morgan fingerprint density at radius 3 is 2.61 bits per heavy atom. The van der Waals surface area contributed by atoms with Gasteiger partial charge in [-0.3, -0.25) is 14.5 Å². The second-order valence-corrected chi connectivity index (χ2v) is 9.57. The lowest BCUT2D eigenvalue weighted by atomic mass is 9.74. The highest BCUT2D eigenvalue weighted by molar-refractivity contribution is 5.85. The summed E-state index contributed by atoms with van der Waals surface area (Å²) in [5.41, 5.74) is 0.795. The Morgan fingerprint density at radius 1 is 1.00 bits per heavy atom. The van der Waals surface area contributed by atoms with Gasteiger partial charge < -0.3 is 14.5 Å². The topological polar surface area (TPSA) is 53.1 Å². The fraction of sp³-hybridized carbons (Fsp3) is 0.680. The summed E-state index contributed by atoms with van der Waals surface area (Å²) in [4.78, 5) is 32.7. The lowest BCUT2D eigenvalue weighted by Gasteiger charge is -2.44. The van der Waals surface area contributed by atoms with Crippen molar-refractivity contribution in [2.45, 2.75) is 51.4 Å². The molecule has 2 fully saturated rings. The lowest BCUT2D eigenvalue weighted by Crippen LogP contribution is -2.55. The van der Waals surface area contributed by atoms with Crippen LogP contribution in [-0.2, 0) is 16.0 Å². The SMILES string of the molecule is CN1CCOc2ccccc2CCCCC2(CCCN(C(=O)CN3CCCC3)C2)C1=O. The first-order valence-corrected chi connectivity index (χ1v) is 12.0. The maximum atomic E-state index is 13.6. The molecule has 3 heterocycles. The molecule has 6 nitrogen and oxygen atoms in total. The smallest absolute Gasteiger partial charge is 0.236 e. The Morgan fingerprint density at radius 2 is 1.77 bits per heavy atom. The van der Waals surface area contributed by atoms with Gasteiger partial charge in [0, 0.05) is 20.1 Å². The average molecular weight is 428 g/mol. The Bertz CT molecular complexity index is 777.